The fourth-order valence-electron chi connectivity index (χ4n) is 3.57. The van der Waals surface area contributed by atoms with Gasteiger partial charge < -0.3 is 19.4 Å². The lowest BCUT2D eigenvalue weighted by atomic mass is 9.88. The minimum absolute atomic E-state index is 0.0824. The van der Waals surface area contributed by atoms with Crippen LogP contribution in [0.25, 0.3) is 0 Å². The van der Waals surface area contributed by atoms with E-state index >= 15 is 0 Å². The number of nitrogens with zero attached hydrogens (tertiary/aromatic N) is 2. The SMILES string of the molecule is COc1cc(OC)cc(C(NC(=O)C2CCCCC2)c2nccn2C)c1. The van der Waals surface area contributed by atoms with Gasteiger partial charge in [0.1, 0.15) is 23.4 Å². The molecule has 6 nitrogen and oxygen atoms in total. The Labute approximate surface area is 154 Å². The first-order valence-corrected chi connectivity index (χ1v) is 9.13. The van der Waals surface area contributed by atoms with Gasteiger partial charge in [-0.2, -0.15) is 0 Å². The maximum atomic E-state index is 12.9. The lowest BCUT2D eigenvalue weighted by molar-refractivity contribution is -0.126. The largest absolute Gasteiger partial charge is 0.497 e. The molecule has 1 saturated carbocycles. The summed E-state index contributed by atoms with van der Waals surface area (Å²) in [5.74, 6) is 2.33. The first kappa shape index (κ1) is 18.3. The fourth-order valence-corrected chi connectivity index (χ4v) is 3.57. The number of carbonyl (C=O) groups is 1. The predicted molar refractivity (Wildman–Crippen MR) is 99.3 cm³/mol. The molecule has 1 aliphatic carbocycles. The van der Waals surface area contributed by atoms with Gasteiger partial charge in [0, 0.05) is 31.4 Å². The van der Waals surface area contributed by atoms with Crippen LogP contribution in [0.4, 0.5) is 0 Å². The van der Waals surface area contributed by atoms with Crippen LogP contribution in [0.5, 0.6) is 11.5 Å². The molecule has 0 saturated heterocycles. The summed E-state index contributed by atoms with van der Waals surface area (Å²) in [5.41, 5.74) is 0.889. The highest BCUT2D eigenvalue weighted by molar-refractivity contribution is 5.79. The lowest BCUT2D eigenvalue weighted by Crippen LogP contribution is -2.36. The highest BCUT2D eigenvalue weighted by Gasteiger charge is 2.27. The number of benzene rings is 1. The normalized spacial score (nSPS) is 16.1. The summed E-state index contributed by atoms with van der Waals surface area (Å²) in [6.45, 7) is 0. The van der Waals surface area contributed by atoms with E-state index in [4.69, 9.17) is 9.47 Å². The molecule has 1 unspecified atom stereocenters. The minimum atomic E-state index is -0.353. The molecule has 0 spiro atoms. The predicted octanol–water partition coefficient (Wildman–Crippen LogP) is 3.22. The zero-order valence-electron chi connectivity index (χ0n) is 15.7. The van der Waals surface area contributed by atoms with E-state index < -0.39 is 0 Å². The van der Waals surface area contributed by atoms with Gasteiger partial charge in [0.05, 0.1) is 14.2 Å². The molecule has 140 valence electrons. The second-order valence-corrected chi connectivity index (χ2v) is 6.82. The van der Waals surface area contributed by atoms with Gasteiger partial charge in [-0.15, -0.1) is 0 Å². The van der Waals surface area contributed by atoms with Crippen LogP contribution in [0.3, 0.4) is 0 Å². The average Bonchev–Trinajstić information content (AvgIpc) is 3.11. The molecule has 1 N–H and O–H groups in total. The van der Waals surface area contributed by atoms with Gasteiger partial charge in [-0.05, 0) is 30.5 Å². The molecule has 1 fully saturated rings. The van der Waals surface area contributed by atoms with Crippen LogP contribution >= 0.6 is 0 Å². The van der Waals surface area contributed by atoms with Gasteiger partial charge in [-0.25, -0.2) is 4.98 Å². The number of imidazole rings is 1. The second kappa shape index (κ2) is 8.25. The Morgan fingerprint density at radius 2 is 1.81 bits per heavy atom. The Morgan fingerprint density at radius 3 is 2.35 bits per heavy atom. The number of aromatic nitrogens is 2. The van der Waals surface area contributed by atoms with Crippen LogP contribution in [0, 0.1) is 5.92 Å². The van der Waals surface area contributed by atoms with Gasteiger partial charge >= 0.3 is 0 Å². The summed E-state index contributed by atoms with van der Waals surface area (Å²) in [6, 6.07) is 5.31. The lowest BCUT2D eigenvalue weighted by Gasteiger charge is -2.25. The number of hydrogen-bond acceptors (Lipinski definition) is 4. The number of aryl methyl sites for hydroxylation is 1. The standard InChI is InChI=1S/C20H27N3O3/c1-23-10-9-21-19(23)18(22-20(24)14-7-5-4-6-8-14)15-11-16(25-2)13-17(12-15)26-3/h9-14,18H,4-8H2,1-3H3,(H,22,24). The first-order valence-electron chi connectivity index (χ1n) is 9.13. The molecule has 1 aromatic carbocycles. The van der Waals surface area contributed by atoms with Gasteiger partial charge in [0.2, 0.25) is 5.91 Å². The molecule has 1 atom stereocenters. The molecular formula is C20H27N3O3. The number of ether oxygens (including phenoxy) is 2. The molecule has 1 heterocycles. The third-order valence-corrected chi connectivity index (χ3v) is 5.09. The Kier molecular flexibility index (Phi) is 5.81. The van der Waals surface area contributed by atoms with E-state index in [0.29, 0.717) is 11.5 Å². The Hall–Kier alpha value is -2.50. The summed E-state index contributed by atoms with van der Waals surface area (Å²) in [5, 5.41) is 3.22. The molecule has 0 aliphatic heterocycles. The van der Waals surface area contributed by atoms with Crippen molar-refractivity contribution in [2.45, 2.75) is 38.1 Å². The zero-order chi connectivity index (χ0) is 18.5. The van der Waals surface area contributed by atoms with Crippen molar-refractivity contribution in [3.8, 4) is 11.5 Å². The van der Waals surface area contributed by atoms with Crippen LogP contribution in [-0.4, -0.2) is 29.7 Å². The molecule has 1 amide bonds. The van der Waals surface area contributed by atoms with Gasteiger partial charge in [0.25, 0.3) is 0 Å². The van der Waals surface area contributed by atoms with E-state index in [9.17, 15) is 4.79 Å². The van der Waals surface area contributed by atoms with E-state index in [0.717, 1.165) is 37.1 Å². The van der Waals surface area contributed by atoms with Crippen molar-refractivity contribution >= 4 is 5.91 Å². The maximum Gasteiger partial charge on any atom is 0.223 e. The fraction of sp³-hybridized carbons (Fsp3) is 0.500. The van der Waals surface area contributed by atoms with Crippen molar-refractivity contribution in [2.75, 3.05) is 14.2 Å². The number of hydrogen-bond donors (Lipinski definition) is 1. The van der Waals surface area contributed by atoms with E-state index in [1.54, 1.807) is 20.4 Å². The number of nitrogens with one attached hydrogen (secondary N) is 1. The monoisotopic (exact) mass is 357 g/mol. The second-order valence-electron chi connectivity index (χ2n) is 6.82. The van der Waals surface area contributed by atoms with Crippen LogP contribution in [0.1, 0.15) is 49.5 Å². The summed E-state index contributed by atoms with van der Waals surface area (Å²) in [6.07, 6.45) is 9.01. The summed E-state index contributed by atoms with van der Waals surface area (Å²) >= 11 is 0. The number of carbonyl (C=O) groups excluding carboxylic acids is 1. The molecular weight excluding hydrogens is 330 g/mol. The minimum Gasteiger partial charge on any atom is -0.497 e. The van der Waals surface area contributed by atoms with Crippen LogP contribution in [0.2, 0.25) is 0 Å². The van der Waals surface area contributed by atoms with Crippen molar-refractivity contribution < 1.29 is 14.3 Å². The van der Waals surface area contributed by atoms with Crippen molar-refractivity contribution in [3.05, 3.63) is 42.0 Å². The van der Waals surface area contributed by atoms with Gasteiger partial charge in [-0.1, -0.05) is 19.3 Å². The summed E-state index contributed by atoms with van der Waals surface area (Å²) in [7, 11) is 5.17. The Morgan fingerprint density at radius 1 is 1.15 bits per heavy atom. The van der Waals surface area contributed by atoms with E-state index in [-0.39, 0.29) is 17.9 Å². The van der Waals surface area contributed by atoms with Gasteiger partial charge in [-0.3, -0.25) is 4.79 Å². The molecule has 0 radical (unpaired) electrons. The van der Waals surface area contributed by atoms with E-state index in [1.807, 2.05) is 36.0 Å². The molecule has 26 heavy (non-hydrogen) atoms. The Bertz CT molecular complexity index is 728. The molecule has 1 aliphatic rings. The van der Waals surface area contributed by atoms with Gasteiger partial charge in [0.15, 0.2) is 0 Å². The Balaban J connectivity index is 1.94. The first-order chi connectivity index (χ1) is 12.6. The summed E-state index contributed by atoms with van der Waals surface area (Å²) in [4.78, 5) is 17.4. The molecule has 2 aromatic rings. The maximum absolute atomic E-state index is 12.9. The van der Waals surface area contributed by atoms with Crippen molar-refractivity contribution in [1.29, 1.82) is 0 Å². The van der Waals surface area contributed by atoms with Crippen LogP contribution < -0.4 is 14.8 Å². The van der Waals surface area contributed by atoms with Crippen molar-refractivity contribution in [2.24, 2.45) is 13.0 Å². The number of rotatable bonds is 6. The zero-order valence-corrected chi connectivity index (χ0v) is 15.7. The molecule has 6 heteroatoms. The van der Waals surface area contributed by atoms with Crippen molar-refractivity contribution in [3.63, 3.8) is 0 Å². The number of amides is 1. The third-order valence-electron chi connectivity index (χ3n) is 5.09. The molecule has 3 rings (SSSR count). The quantitative estimate of drug-likeness (QED) is 0.862. The number of methoxy groups -OCH3 is 2. The van der Waals surface area contributed by atoms with E-state index in [2.05, 4.69) is 10.3 Å². The highest BCUT2D eigenvalue weighted by Crippen LogP contribution is 2.31. The van der Waals surface area contributed by atoms with E-state index in [1.165, 1.54) is 6.42 Å². The highest BCUT2D eigenvalue weighted by atomic mass is 16.5. The smallest absolute Gasteiger partial charge is 0.223 e. The van der Waals surface area contributed by atoms with Crippen LogP contribution in [0.15, 0.2) is 30.6 Å². The van der Waals surface area contributed by atoms with Crippen molar-refractivity contribution in [1.82, 2.24) is 14.9 Å². The third kappa shape index (κ3) is 4.00. The topological polar surface area (TPSA) is 65.4 Å². The molecule has 0 bridgehead atoms. The molecule has 1 aromatic heterocycles. The van der Waals surface area contributed by atoms with Crippen LogP contribution in [-0.2, 0) is 11.8 Å². The summed E-state index contributed by atoms with van der Waals surface area (Å²) < 4.78 is 12.7. The average molecular weight is 357 g/mol.